The summed E-state index contributed by atoms with van der Waals surface area (Å²) in [5.41, 5.74) is 2.34. The van der Waals surface area contributed by atoms with E-state index in [0.29, 0.717) is 33.1 Å². The van der Waals surface area contributed by atoms with Gasteiger partial charge in [0, 0.05) is 35.4 Å². The maximum Gasteiger partial charge on any atom is 0.354 e. The van der Waals surface area contributed by atoms with Crippen LogP contribution in [0.2, 0.25) is 5.02 Å². The number of ether oxygens (including phenoxy) is 1. The molecule has 148 valence electrons. The molecule has 0 atom stereocenters. The fourth-order valence-electron chi connectivity index (χ4n) is 3.18. The van der Waals surface area contributed by atoms with Gasteiger partial charge < -0.3 is 14.2 Å². The molecular weight excluding hydrogens is 380 g/mol. The van der Waals surface area contributed by atoms with E-state index in [4.69, 9.17) is 16.3 Å². The van der Waals surface area contributed by atoms with Gasteiger partial charge in [-0.1, -0.05) is 17.7 Å². The molecule has 0 aliphatic rings. The number of methoxy groups -OCH3 is 1. The van der Waals surface area contributed by atoms with Gasteiger partial charge in [0.05, 0.1) is 13.7 Å². The number of hydrogen-bond acceptors (Lipinski definition) is 4. The van der Waals surface area contributed by atoms with Crippen LogP contribution in [0.3, 0.4) is 0 Å². The summed E-state index contributed by atoms with van der Waals surface area (Å²) in [6, 6.07) is 6.47. The lowest BCUT2D eigenvalue weighted by atomic mass is 10.0. The zero-order chi connectivity index (χ0) is 21.0. The summed E-state index contributed by atoms with van der Waals surface area (Å²) in [4.78, 5) is 39.3. The van der Waals surface area contributed by atoms with E-state index in [-0.39, 0.29) is 24.8 Å². The Hall–Kier alpha value is -2.86. The lowest BCUT2D eigenvalue weighted by Crippen LogP contribution is -2.36. The first-order valence-corrected chi connectivity index (χ1v) is 9.03. The van der Waals surface area contributed by atoms with Crippen LogP contribution in [-0.2, 0) is 11.8 Å². The van der Waals surface area contributed by atoms with Crippen LogP contribution in [0.5, 0.6) is 0 Å². The summed E-state index contributed by atoms with van der Waals surface area (Å²) >= 11 is 5.88. The van der Waals surface area contributed by atoms with Gasteiger partial charge in [-0.25, -0.2) is 4.79 Å². The molecule has 6 nitrogen and oxygen atoms in total. The normalized spacial score (nSPS) is 10.5. The minimum atomic E-state index is -0.512. The SMILES string of the molecule is C=CCN(CC(=O)c1c(C)c(C(=O)OC)n(C)c1C)C(=O)c1ccc(Cl)cc1. The van der Waals surface area contributed by atoms with Gasteiger partial charge in [-0.05, 0) is 43.7 Å². The molecule has 0 spiro atoms. The molecule has 0 aliphatic heterocycles. The minimum Gasteiger partial charge on any atom is -0.464 e. The molecule has 0 bridgehead atoms. The number of rotatable bonds is 7. The molecule has 7 heteroatoms. The first kappa shape index (κ1) is 21.4. The lowest BCUT2D eigenvalue weighted by molar-refractivity contribution is 0.0588. The van der Waals surface area contributed by atoms with Crippen LogP contribution >= 0.6 is 11.6 Å². The van der Waals surface area contributed by atoms with Gasteiger partial charge in [0.2, 0.25) is 0 Å². The van der Waals surface area contributed by atoms with E-state index in [9.17, 15) is 14.4 Å². The van der Waals surface area contributed by atoms with Crippen LogP contribution in [-0.4, -0.2) is 47.3 Å². The fourth-order valence-corrected chi connectivity index (χ4v) is 3.30. The average molecular weight is 403 g/mol. The number of aromatic nitrogens is 1. The zero-order valence-electron chi connectivity index (χ0n) is 16.4. The lowest BCUT2D eigenvalue weighted by Gasteiger charge is -2.21. The number of carbonyl (C=O) groups excluding carboxylic acids is 3. The Morgan fingerprint density at radius 2 is 1.82 bits per heavy atom. The van der Waals surface area contributed by atoms with E-state index >= 15 is 0 Å². The molecule has 0 unspecified atom stereocenters. The third-order valence-electron chi connectivity index (χ3n) is 4.65. The van der Waals surface area contributed by atoms with Crippen LogP contribution < -0.4 is 0 Å². The third-order valence-corrected chi connectivity index (χ3v) is 4.90. The summed E-state index contributed by atoms with van der Waals surface area (Å²) in [6.45, 7) is 7.19. The van der Waals surface area contributed by atoms with Crippen molar-refractivity contribution in [2.45, 2.75) is 13.8 Å². The Balaban J connectivity index is 2.35. The van der Waals surface area contributed by atoms with E-state index in [1.54, 1.807) is 55.8 Å². The number of halogens is 1. The van der Waals surface area contributed by atoms with Crippen molar-refractivity contribution in [3.8, 4) is 0 Å². The number of benzene rings is 1. The van der Waals surface area contributed by atoms with Crippen LogP contribution in [0.1, 0.15) is 42.5 Å². The van der Waals surface area contributed by atoms with Crippen molar-refractivity contribution in [2.75, 3.05) is 20.2 Å². The Kier molecular flexibility index (Phi) is 6.80. The van der Waals surface area contributed by atoms with Crippen molar-refractivity contribution in [1.29, 1.82) is 0 Å². The van der Waals surface area contributed by atoms with E-state index in [0.717, 1.165) is 0 Å². The summed E-state index contributed by atoms with van der Waals surface area (Å²) < 4.78 is 6.44. The highest BCUT2D eigenvalue weighted by Gasteiger charge is 2.27. The topological polar surface area (TPSA) is 68.6 Å². The molecule has 2 rings (SSSR count). The van der Waals surface area contributed by atoms with Crippen molar-refractivity contribution in [3.05, 3.63) is 70.0 Å². The quantitative estimate of drug-likeness (QED) is 0.403. The molecule has 1 aromatic heterocycles. The Labute approximate surface area is 169 Å². The largest absolute Gasteiger partial charge is 0.464 e. The molecule has 0 saturated carbocycles. The van der Waals surface area contributed by atoms with E-state index < -0.39 is 5.97 Å². The molecule has 0 saturated heterocycles. The van der Waals surface area contributed by atoms with Crippen LogP contribution in [0.4, 0.5) is 0 Å². The predicted molar refractivity (Wildman–Crippen MR) is 108 cm³/mol. The Morgan fingerprint density at radius 1 is 1.21 bits per heavy atom. The number of esters is 1. The number of amides is 1. The van der Waals surface area contributed by atoms with Crippen molar-refractivity contribution >= 4 is 29.3 Å². The van der Waals surface area contributed by atoms with Crippen molar-refractivity contribution in [2.24, 2.45) is 7.05 Å². The first-order valence-electron chi connectivity index (χ1n) is 8.66. The van der Waals surface area contributed by atoms with Crippen molar-refractivity contribution in [3.63, 3.8) is 0 Å². The standard InChI is InChI=1S/C21H23ClN2O4/c1-6-11-24(20(26)15-7-9-16(22)10-8-15)12-17(25)18-13(2)19(21(27)28-5)23(4)14(18)3/h6-10H,1,11-12H2,2-5H3. The van der Waals surface area contributed by atoms with Crippen molar-refractivity contribution < 1.29 is 19.1 Å². The number of ketones is 1. The average Bonchev–Trinajstić information content (AvgIpc) is 2.89. The maximum atomic E-state index is 13.0. The van der Waals surface area contributed by atoms with Crippen LogP contribution in [0.25, 0.3) is 0 Å². The van der Waals surface area contributed by atoms with Gasteiger partial charge in [0.25, 0.3) is 5.91 Å². The summed E-state index contributed by atoms with van der Waals surface area (Å²) in [5.74, 6) is -1.07. The second kappa shape index (κ2) is 8.89. The van der Waals surface area contributed by atoms with Gasteiger partial charge in [-0.2, -0.15) is 0 Å². The van der Waals surface area contributed by atoms with Gasteiger partial charge in [-0.15, -0.1) is 6.58 Å². The van der Waals surface area contributed by atoms with Crippen molar-refractivity contribution in [1.82, 2.24) is 9.47 Å². The molecule has 2 aromatic rings. The molecule has 1 amide bonds. The highest BCUT2D eigenvalue weighted by molar-refractivity contribution is 6.30. The summed E-state index contributed by atoms with van der Waals surface area (Å²) in [7, 11) is 2.99. The van der Waals surface area contributed by atoms with Gasteiger partial charge >= 0.3 is 5.97 Å². The zero-order valence-corrected chi connectivity index (χ0v) is 17.2. The van der Waals surface area contributed by atoms with Crippen LogP contribution in [0.15, 0.2) is 36.9 Å². The summed E-state index contributed by atoms with van der Waals surface area (Å²) in [5, 5.41) is 0.522. The summed E-state index contributed by atoms with van der Waals surface area (Å²) in [6.07, 6.45) is 1.56. The Bertz CT molecular complexity index is 929. The van der Waals surface area contributed by atoms with Crippen LogP contribution in [0, 0.1) is 13.8 Å². The minimum absolute atomic E-state index is 0.139. The van der Waals surface area contributed by atoms with Gasteiger partial charge in [0.1, 0.15) is 5.69 Å². The second-order valence-corrected chi connectivity index (χ2v) is 6.83. The molecule has 0 fully saturated rings. The van der Waals surface area contributed by atoms with E-state index in [2.05, 4.69) is 6.58 Å². The predicted octanol–water partition coefficient (Wildman–Crippen LogP) is 3.59. The maximum absolute atomic E-state index is 13.0. The highest BCUT2D eigenvalue weighted by Crippen LogP contribution is 2.23. The monoisotopic (exact) mass is 402 g/mol. The van der Waals surface area contributed by atoms with Gasteiger partial charge in [0.15, 0.2) is 5.78 Å². The molecule has 1 aromatic carbocycles. The highest BCUT2D eigenvalue weighted by atomic mass is 35.5. The molecule has 28 heavy (non-hydrogen) atoms. The third kappa shape index (κ3) is 4.17. The molecular formula is C21H23ClN2O4. The molecule has 0 aliphatic carbocycles. The molecule has 0 N–H and O–H groups in total. The number of hydrogen-bond donors (Lipinski definition) is 0. The van der Waals surface area contributed by atoms with E-state index in [1.165, 1.54) is 12.0 Å². The number of nitrogens with zero attached hydrogens (tertiary/aromatic N) is 2. The number of carbonyl (C=O) groups is 3. The number of Topliss-reactive ketones (excluding diaryl/α,β-unsaturated/α-hetero) is 1. The fraction of sp³-hybridized carbons (Fsp3) is 0.286. The second-order valence-electron chi connectivity index (χ2n) is 6.39. The van der Waals surface area contributed by atoms with E-state index in [1.807, 2.05) is 0 Å². The van der Waals surface area contributed by atoms with Gasteiger partial charge in [-0.3, -0.25) is 9.59 Å². The molecule has 1 heterocycles. The first-order chi connectivity index (χ1) is 13.2. The Morgan fingerprint density at radius 3 is 2.36 bits per heavy atom. The smallest absolute Gasteiger partial charge is 0.354 e. The molecule has 0 radical (unpaired) electrons.